The van der Waals surface area contributed by atoms with Gasteiger partial charge in [0, 0.05) is 26.6 Å². The predicted octanol–water partition coefficient (Wildman–Crippen LogP) is 3.52. The standard InChI is InChI=1S/C20H24ClN3O3.HI/c1-22-20(24-13-17(25)15-6-3-2-4-7-15)23-12-14-10-16(21)19-18(11-14)26-8-5-9-27-19;/h2-4,6-7,10-11,17,25H,5,8-9,12-13H2,1H3,(H2,22,23,24);1H. The molecule has 152 valence electrons. The molecule has 1 atom stereocenters. The molecule has 0 saturated heterocycles. The van der Waals surface area contributed by atoms with Crippen LogP contribution < -0.4 is 20.1 Å². The van der Waals surface area contributed by atoms with E-state index in [9.17, 15) is 5.11 Å². The molecule has 8 heteroatoms. The molecule has 3 rings (SSSR count). The number of nitrogens with one attached hydrogen (secondary N) is 2. The van der Waals surface area contributed by atoms with Gasteiger partial charge in [-0.05, 0) is 23.3 Å². The molecule has 0 saturated carbocycles. The van der Waals surface area contributed by atoms with Crippen LogP contribution in [0.4, 0.5) is 0 Å². The molecule has 0 fully saturated rings. The molecule has 1 aliphatic heterocycles. The first kappa shape index (κ1) is 22.6. The lowest BCUT2D eigenvalue weighted by atomic mass is 10.1. The number of hydrogen-bond acceptors (Lipinski definition) is 4. The Morgan fingerprint density at radius 1 is 1.18 bits per heavy atom. The Bertz CT molecular complexity index is 790. The number of aliphatic hydroxyl groups excluding tert-OH is 1. The zero-order chi connectivity index (χ0) is 19.1. The summed E-state index contributed by atoms with van der Waals surface area (Å²) in [6, 6.07) is 13.3. The summed E-state index contributed by atoms with van der Waals surface area (Å²) >= 11 is 6.33. The van der Waals surface area contributed by atoms with Gasteiger partial charge in [-0.2, -0.15) is 0 Å². The first-order chi connectivity index (χ1) is 13.2. The van der Waals surface area contributed by atoms with Crippen molar-refractivity contribution in [2.45, 2.75) is 19.1 Å². The summed E-state index contributed by atoms with van der Waals surface area (Å²) in [7, 11) is 1.69. The van der Waals surface area contributed by atoms with Gasteiger partial charge in [0.05, 0.1) is 24.3 Å². The number of hydrogen-bond donors (Lipinski definition) is 3. The molecule has 1 aliphatic rings. The Hall–Kier alpha value is -1.71. The van der Waals surface area contributed by atoms with Crippen molar-refractivity contribution in [2.75, 3.05) is 26.8 Å². The van der Waals surface area contributed by atoms with Crippen molar-refractivity contribution in [2.24, 2.45) is 4.99 Å². The Kier molecular flexibility index (Phi) is 9.14. The van der Waals surface area contributed by atoms with E-state index in [1.54, 1.807) is 7.05 Å². The van der Waals surface area contributed by atoms with Gasteiger partial charge in [-0.25, -0.2) is 0 Å². The lowest BCUT2D eigenvalue weighted by molar-refractivity contribution is 0.181. The zero-order valence-corrected chi connectivity index (χ0v) is 18.7. The largest absolute Gasteiger partial charge is 0.489 e. The molecule has 0 bridgehead atoms. The van der Waals surface area contributed by atoms with E-state index in [1.165, 1.54) is 0 Å². The van der Waals surface area contributed by atoms with Crippen LogP contribution in [0.15, 0.2) is 47.5 Å². The van der Waals surface area contributed by atoms with Gasteiger partial charge in [-0.3, -0.25) is 4.99 Å². The quantitative estimate of drug-likeness (QED) is 0.322. The van der Waals surface area contributed by atoms with Crippen LogP contribution in [0.5, 0.6) is 11.5 Å². The number of halogens is 2. The number of aliphatic hydroxyl groups is 1. The lowest BCUT2D eigenvalue weighted by Crippen LogP contribution is -2.39. The molecule has 2 aromatic carbocycles. The monoisotopic (exact) mass is 517 g/mol. The van der Waals surface area contributed by atoms with Gasteiger partial charge in [-0.15, -0.1) is 24.0 Å². The summed E-state index contributed by atoms with van der Waals surface area (Å²) in [5.41, 5.74) is 1.81. The second kappa shape index (κ2) is 11.3. The predicted molar refractivity (Wildman–Crippen MR) is 122 cm³/mol. The molecule has 0 radical (unpaired) electrons. The highest BCUT2D eigenvalue weighted by Crippen LogP contribution is 2.37. The molecular weight excluding hydrogens is 493 g/mol. The molecule has 2 aromatic rings. The minimum atomic E-state index is -0.614. The van der Waals surface area contributed by atoms with Crippen LogP contribution in [0.3, 0.4) is 0 Å². The van der Waals surface area contributed by atoms with Crippen LogP contribution in [0.2, 0.25) is 5.02 Å². The molecule has 0 aliphatic carbocycles. The number of ether oxygens (including phenoxy) is 2. The third kappa shape index (κ3) is 6.15. The summed E-state index contributed by atoms with van der Waals surface area (Å²) in [4.78, 5) is 4.19. The van der Waals surface area contributed by atoms with Crippen molar-refractivity contribution in [3.8, 4) is 11.5 Å². The van der Waals surface area contributed by atoms with Crippen LogP contribution >= 0.6 is 35.6 Å². The third-order valence-electron chi connectivity index (χ3n) is 4.19. The van der Waals surface area contributed by atoms with Crippen LogP contribution in [-0.2, 0) is 6.54 Å². The fourth-order valence-electron chi connectivity index (χ4n) is 2.78. The van der Waals surface area contributed by atoms with Crippen LogP contribution in [0.1, 0.15) is 23.7 Å². The minimum Gasteiger partial charge on any atom is -0.489 e. The van der Waals surface area contributed by atoms with E-state index in [-0.39, 0.29) is 24.0 Å². The molecule has 0 spiro atoms. The van der Waals surface area contributed by atoms with Gasteiger partial charge in [0.15, 0.2) is 17.5 Å². The average Bonchev–Trinajstić information content (AvgIpc) is 2.94. The maximum Gasteiger partial charge on any atom is 0.191 e. The minimum absolute atomic E-state index is 0. The second-order valence-electron chi connectivity index (χ2n) is 6.19. The Morgan fingerprint density at radius 3 is 2.68 bits per heavy atom. The van der Waals surface area contributed by atoms with E-state index >= 15 is 0 Å². The zero-order valence-electron chi connectivity index (χ0n) is 15.7. The smallest absolute Gasteiger partial charge is 0.191 e. The number of fused-ring (bicyclic) bond motifs is 1. The molecule has 0 amide bonds. The number of rotatable bonds is 5. The topological polar surface area (TPSA) is 75.1 Å². The second-order valence-corrected chi connectivity index (χ2v) is 6.60. The van der Waals surface area contributed by atoms with Crippen molar-refractivity contribution in [3.05, 3.63) is 58.6 Å². The van der Waals surface area contributed by atoms with Gasteiger partial charge in [0.1, 0.15) is 0 Å². The number of benzene rings is 2. The normalized spacial score (nSPS) is 14.5. The van der Waals surface area contributed by atoms with Crippen LogP contribution in [-0.4, -0.2) is 37.9 Å². The summed E-state index contributed by atoms with van der Waals surface area (Å²) in [5, 5.41) is 17.1. The Balaban J connectivity index is 0.00000280. The molecule has 28 heavy (non-hydrogen) atoms. The molecule has 3 N–H and O–H groups in total. The highest BCUT2D eigenvalue weighted by atomic mass is 127. The Morgan fingerprint density at radius 2 is 1.93 bits per heavy atom. The number of guanidine groups is 1. The van der Waals surface area contributed by atoms with Gasteiger partial charge >= 0.3 is 0 Å². The average molecular weight is 518 g/mol. The van der Waals surface area contributed by atoms with Crippen LogP contribution in [0, 0.1) is 0 Å². The van der Waals surface area contributed by atoms with E-state index in [4.69, 9.17) is 21.1 Å². The summed E-state index contributed by atoms with van der Waals surface area (Å²) in [6.07, 6.45) is 0.219. The molecular formula is C20H25ClIN3O3. The maximum absolute atomic E-state index is 10.3. The molecule has 1 heterocycles. The van der Waals surface area contributed by atoms with Gasteiger partial charge in [0.2, 0.25) is 0 Å². The summed E-state index contributed by atoms with van der Waals surface area (Å²) in [5.74, 6) is 1.86. The van der Waals surface area contributed by atoms with Crippen molar-refractivity contribution < 1.29 is 14.6 Å². The van der Waals surface area contributed by atoms with E-state index in [0.717, 1.165) is 17.5 Å². The van der Waals surface area contributed by atoms with Gasteiger partial charge in [-0.1, -0.05) is 41.9 Å². The highest BCUT2D eigenvalue weighted by Gasteiger charge is 2.16. The van der Waals surface area contributed by atoms with Crippen molar-refractivity contribution in [1.29, 1.82) is 0 Å². The van der Waals surface area contributed by atoms with E-state index in [1.807, 2.05) is 42.5 Å². The summed E-state index contributed by atoms with van der Waals surface area (Å²) in [6.45, 7) is 2.08. The number of nitrogens with zero attached hydrogens (tertiary/aromatic N) is 1. The van der Waals surface area contributed by atoms with Crippen LogP contribution in [0.25, 0.3) is 0 Å². The summed E-state index contributed by atoms with van der Waals surface area (Å²) < 4.78 is 11.4. The fraction of sp³-hybridized carbons (Fsp3) is 0.350. The highest BCUT2D eigenvalue weighted by molar-refractivity contribution is 14.0. The van der Waals surface area contributed by atoms with Gasteiger partial charge < -0.3 is 25.2 Å². The lowest BCUT2D eigenvalue weighted by Gasteiger charge is -2.16. The fourth-order valence-corrected chi connectivity index (χ4v) is 3.07. The third-order valence-corrected chi connectivity index (χ3v) is 4.47. The van der Waals surface area contributed by atoms with Crippen molar-refractivity contribution in [1.82, 2.24) is 10.6 Å². The maximum atomic E-state index is 10.3. The molecule has 1 unspecified atom stereocenters. The molecule has 6 nitrogen and oxygen atoms in total. The SMILES string of the molecule is CN=C(NCc1cc(Cl)c2c(c1)OCCCO2)NCC(O)c1ccccc1.I. The van der Waals surface area contributed by atoms with E-state index < -0.39 is 6.10 Å². The Labute approximate surface area is 187 Å². The van der Waals surface area contributed by atoms with Gasteiger partial charge in [0.25, 0.3) is 0 Å². The first-order valence-corrected chi connectivity index (χ1v) is 9.30. The number of aliphatic imine (C=N–C) groups is 1. The molecule has 0 aromatic heterocycles. The van der Waals surface area contributed by atoms with Crippen molar-refractivity contribution >= 4 is 41.5 Å². The van der Waals surface area contributed by atoms with Crippen molar-refractivity contribution in [3.63, 3.8) is 0 Å². The first-order valence-electron chi connectivity index (χ1n) is 8.93. The van der Waals surface area contributed by atoms with E-state index in [0.29, 0.717) is 48.8 Å². The van der Waals surface area contributed by atoms with E-state index in [2.05, 4.69) is 15.6 Å².